The second-order valence-corrected chi connectivity index (χ2v) is 4.64. The van der Waals surface area contributed by atoms with Crippen LogP contribution in [-0.2, 0) is 6.54 Å². The number of rotatable bonds is 2. The highest BCUT2D eigenvalue weighted by atomic mass is 35.5. The number of benzene rings is 1. The zero-order chi connectivity index (χ0) is 13.4. The summed E-state index contributed by atoms with van der Waals surface area (Å²) in [6.07, 6.45) is 3.58. The molecule has 0 aliphatic carbocycles. The lowest BCUT2D eigenvalue weighted by atomic mass is 10.0. The molecule has 104 valence electrons. The Hall–Kier alpha value is -1.91. The van der Waals surface area contributed by atoms with E-state index in [0.717, 1.165) is 11.3 Å². The number of nitrogens with one attached hydrogen (secondary N) is 1. The average Bonchev–Trinajstić information content (AvgIpc) is 2.74. The highest BCUT2D eigenvalue weighted by Crippen LogP contribution is 2.37. The fraction of sp³-hybridized carbons (Fsp3) is 0.0714. The van der Waals surface area contributed by atoms with Crippen LogP contribution in [0.3, 0.4) is 0 Å². The molecule has 6 heteroatoms. The topological polar surface area (TPSA) is 60.1 Å². The van der Waals surface area contributed by atoms with Gasteiger partial charge in [-0.25, -0.2) is 0 Å². The van der Waals surface area contributed by atoms with E-state index in [4.69, 9.17) is 17.3 Å². The Bertz CT molecular complexity index is 677. The van der Waals surface area contributed by atoms with Crippen molar-refractivity contribution >= 4 is 36.1 Å². The lowest BCUT2D eigenvalue weighted by Gasteiger charge is -2.11. The van der Waals surface area contributed by atoms with Crippen LogP contribution < -0.4 is 11.1 Å². The van der Waals surface area contributed by atoms with Crippen molar-refractivity contribution in [3.8, 4) is 11.1 Å². The van der Waals surface area contributed by atoms with Gasteiger partial charge in [-0.2, -0.15) is 0 Å². The normalized spacial score (nSPS) is 12.2. The van der Waals surface area contributed by atoms with Gasteiger partial charge >= 0.3 is 0 Å². The molecule has 0 unspecified atom stereocenters. The molecule has 0 fully saturated rings. The van der Waals surface area contributed by atoms with Gasteiger partial charge in [0.15, 0.2) is 0 Å². The van der Waals surface area contributed by atoms with Crippen molar-refractivity contribution in [3.63, 3.8) is 0 Å². The first kappa shape index (κ1) is 14.5. The van der Waals surface area contributed by atoms with E-state index in [2.05, 4.69) is 5.32 Å². The van der Waals surface area contributed by atoms with Gasteiger partial charge in [0.25, 0.3) is 5.91 Å². The minimum absolute atomic E-state index is 0. The van der Waals surface area contributed by atoms with Crippen LogP contribution >= 0.6 is 24.0 Å². The van der Waals surface area contributed by atoms with Crippen LogP contribution in [0.4, 0.5) is 0 Å². The third kappa shape index (κ3) is 2.17. The predicted molar refractivity (Wildman–Crippen MR) is 82.8 cm³/mol. The Labute approximate surface area is 127 Å². The Morgan fingerprint density at radius 2 is 2.00 bits per heavy atom. The standard InChI is InChI=1S/C14H12ClN3O.ClH/c15-13-11(9-4-2-1-3-5-9)12(14(16)19)10-8-17-6-7-18(10)13;/h1-7,17H,8H2,(H2,16,19);1H. The second-order valence-electron chi connectivity index (χ2n) is 4.28. The minimum atomic E-state index is -0.466. The Kier molecular flexibility index (Phi) is 4.06. The fourth-order valence-electron chi connectivity index (χ4n) is 2.35. The number of amides is 1. The third-order valence-electron chi connectivity index (χ3n) is 3.17. The number of halogens is 2. The lowest BCUT2D eigenvalue weighted by molar-refractivity contribution is 0.1000. The lowest BCUT2D eigenvalue weighted by Crippen LogP contribution is -2.20. The van der Waals surface area contributed by atoms with E-state index in [1.165, 1.54) is 0 Å². The van der Waals surface area contributed by atoms with Crippen molar-refractivity contribution in [2.75, 3.05) is 0 Å². The summed E-state index contributed by atoms with van der Waals surface area (Å²) in [6.45, 7) is 0.529. The Balaban J connectivity index is 0.00000147. The number of carbonyl (C=O) groups is 1. The van der Waals surface area contributed by atoms with E-state index >= 15 is 0 Å². The first-order chi connectivity index (χ1) is 9.20. The molecule has 0 bridgehead atoms. The molecule has 1 aromatic heterocycles. The molecule has 4 nitrogen and oxygen atoms in total. The fourth-order valence-corrected chi connectivity index (χ4v) is 2.71. The quantitative estimate of drug-likeness (QED) is 0.896. The van der Waals surface area contributed by atoms with Crippen molar-refractivity contribution in [1.82, 2.24) is 9.88 Å². The molecular weight excluding hydrogens is 297 g/mol. The summed E-state index contributed by atoms with van der Waals surface area (Å²) in [7, 11) is 0. The number of carbonyl (C=O) groups excluding carboxylic acids is 1. The molecule has 1 aromatic carbocycles. The van der Waals surface area contributed by atoms with E-state index < -0.39 is 5.91 Å². The number of nitrogens with zero attached hydrogens (tertiary/aromatic N) is 1. The highest BCUT2D eigenvalue weighted by Gasteiger charge is 2.25. The molecule has 0 saturated carbocycles. The number of nitrogens with two attached hydrogens (primary N) is 1. The molecule has 1 amide bonds. The van der Waals surface area contributed by atoms with Crippen LogP contribution in [0.1, 0.15) is 16.1 Å². The molecule has 3 rings (SSSR count). The molecular formula is C14H13Cl2N3O. The maximum Gasteiger partial charge on any atom is 0.251 e. The van der Waals surface area contributed by atoms with Gasteiger partial charge in [0, 0.05) is 18.0 Å². The van der Waals surface area contributed by atoms with Crippen molar-refractivity contribution in [2.24, 2.45) is 5.73 Å². The van der Waals surface area contributed by atoms with E-state index in [1.54, 1.807) is 17.0 Å². The summed E-state index contributed by atoms with van der Waals surface area (Å²) in [5.74, 6) is -0.466. The van der Waals surface area contributed by atoms with Crippen LogP contribution in [0.15, 0.2) is 36.5 Å². The Morgan fingerprint density at radius 3 is 2.65 bits per heavy atom. The molecule has 1 aliphatic rings. The summed E-state index contributed by atoms with van der Waals surface area (Å²) in [4.78, 5) is 11.8. The van der Waals surface area contributed by atoms with Crippen LogP contribution in [0.5, 0.6) is 0 Å². The summed E-state index contributed by atoms with van der Waals surface area (Å²) in [5, 5.41) is 3.57. The maximum absolute atomic E-state index is 11.8. The monoisotopic (exact) mass is 309 g/mol. The second kappa shape index (κ2) is 5.61. The molecule has 1 aliphatic heterocycles. The van der Waals surface area contributed by atoms with Crippen LogP contribution in [0, 0.1) is 0 Å². The van der Waals surface area contributed by atoms with Crippen molar-refractivity contribution in [2.45, 2.75) is 6.54 Å². The van der Waals surface area contributed by atoms with Crippen LogP contribution in [0.25, 0.3) is 17.3 Å². The molecule has 3 N–H and O–H groups in total. The Morgan fingerprint density at radius 1 is 1.30 bits per heavy atom. The van der Waals surface area contributed by atoms with E-state index in [0.29, 0.717) is 22.8 Å². The largest absolute Gasteiger partial charge is 0.384 e. The molecule has 20 heavy (non-hydrogen) atoms. The van der Waals surface area contributed by atoms with Crippen LogP contribution in [-0.4, -0.2) is 10.5 Å². The molecule has 0 radical (unpaired) electrons. The van der Waals surface area contributed by atoms with Gasteiger partial charge in [-0.15, -0.1) is 12.4 Å². The first-order valence-corrected chi connectivity index (χ1v) is 6.25. The van der Waals surface area contributed by atoms with Gasteiger partial charge < -0.3 is 15.6 Å². The summed E-state index contributed by atoms with van der Waals surface area (Å²) < 4.78 is 1.79. The molecule has 0 spiro atoms. The molecule has 2 heterocycles. The van der Waals surface area contributed by atoms with Crippen molar-refractivity contribution < 1.29 is 4.79 Å². The van der Waals surface area contributed by atoms with Crippen molar-refractivity contribution in [1.29, 1.82) is 0 Å². The highest BCUT2D eigenvalue weighted by molar-refractivity contribution is 6.34. The van der Waals surface area contributed by atoms with Crippen LogP contribution in [0.2, 0.25) is 5.15 Å². The van der Waals surface area contributed by atoms with E-state index in [9.17, 15) is 4.79 Å². The van der Waals surface area contributed by atoms with Crippen molar-refractivity contribution in [3.05, 3.63) is 52.9 Å². The zero-order valence-electron chi connectivity index (χ0n) is 10.5. The smallest absolute Gasteiger partial charge is 0.251 e. The number of hydrogen-bond acceptors (Lipinski definition) is 2. The van der Waals surface area contributed by atoms with Gasteiger partial charge in [0.1, 0.15) is 5.15 Å². The predicted octanol–water partition coefficient (Wildman–Crippen LogP) is 2.86. The maximum atomic E-state index is 11.8. The summed E-state index contributed by atoms with van der Waals surface area (Å²) in [5.41, 5.74) is 8.38. The van der Waals surface area contributed by atoms with Gasteiger partial charge in [0.2, 0.25) is 0 Å². The SMILES string of the molecule is Cl.NC(=O)c1c(-c2ccccc2)c(Cl)n2c1CNC=C2. The number of hydrogen-bond donors (Lipinski definition) is 2. The molecule has 0 atom stereocenters. The molecule has 2 aromatic rings. The summed E-state index contributed by atoms with van der Waals surface area (Å²) >= 11 is 6.40. The summed E-state index contributed by atoms with van der Waals surface area (Å²) in [6, 6.07) is 9.55. The number of fused-ring (bicyclic) bond motifs is 1. The van der Waals surface area contributed by atoms with E-state index in [-0.39, 0.29) is 12.4 Å². The zero-order valence-corrected chi connectivity index (χ0v) is 12.0. The van der Waals surface area contributed by atoms with Gasteiger partial charge in [-0.1, -0.05) is 41.9 Å². The molecule has 0 saturated heterocycles. The van der Waals surface area contributed by atoms with E-state index in [1.807, 2.05) is 30.3 Å². The van der Waals surface area contributed by atoms with Gasteiger partial charge in [-0.05, 0) is 5.56 Å². The number of primary amides is 1. The minimum Gasteiger partial charge on any atom is -0.384 e. The number of aromatic nitrogens is 1. The van der Waals surface area contributed by atoms with Gasteiger partial charge in [-0.3, -0.25) is 4.79 Å². The van der Waals surface area contributed by atoms with Gasteiger partial charge in [0.05, 0.1) is 17.8 Å². The average molecular weight is 310 g/mol. The third-order valence-corrected chi connectivity index (χ3v) is 3.54. The first-order valence-electron chi connectivity index (χ1n) is 5.88.